The Morgan fingerprint density at radius 3 is 2.05 bits per heavy atom. The van der Waals surface area contributed by atoms with Gasteiger partial charge in [0.1, 0.15) is 37.4 Å². The zero-order valence-corrected chi connectivity index (χ0v) is 23.1. The number of hydrogen-bond donors (Lipinski definition) is 2. The van der Waals surface area contributed by atoms with E-state index in [4.69, 9.17) is 18.9 Å². The van der Waals surface area contributed by atoms with Gasteiger partial charge < -0.3 is 24.1 Å². The third-order valence-electron chi connectivity index (χ3n) is 6.12. The molecule has 0 aliphatic rings. The number of aliphatic hydroxyl groups excluding tert-OH is 1. The van der Waals surface area contributed by atoms with Crippen molar-refractivity contribution in [2.45, 2.75) is 19.4 Å². The zero-order chi connectivity index (χ0) is 28.9. The summed E-state index contributed by atoms with van der Waals surface area (Å²) in [5.74, 6) is 0.864. The van der Waals surface area contributed by atoms with Crippen LogP contribution in [-0.2, 0) is 14.3 Å². The molecule has 2 N–H and O–H groups in total. The Morgan fingerprint density at radius 1 is 0.780 bits per heavy atom. The van der Waals surface area contributed by atoms with E-state index in [1.807, 2.05) is 97.1 Å². The number of carbonyl (C=O) groups excluding carboxylic acids is 1. The second-order valence-electron chi connectivity index (χ2n) is 9.36. The fourth-order valence-corrected chi connectivity index (χ4v) is 4.00. The molecule has 0 spiro atoms. The van der Waals surface area contributed by atoms with Gasteiger partial charge in [0.15, 0.2) is 0 Å². The van der Waals surface area contributed by atoms with E-state index >= 15 is 0 Å². The Bertz CT molecular complexity index is 1380. The minimum absolute atomic E-state index is 0.0575. The largest absolute Gasteiger partial charge is 0.491 e. The van der Waals surface area contributed by atoms with Crippen molar-refractivity contribution in [1.29, 1.82) is 0 Å². The average molecular weight is 554 g/mol. The lowest BCUT2D eigenvalue weighted by molar-refractivity contribution is -0.170. The summed E-state index contributed by atoms with van der Waals surface area (Å²) in [4.78, 5) is 11.6. The summed E-state index contributed by atoms with van der Waals surface area (Å²) < 4.78 is 23.1. The van der Waals surface area contributed by atoms with E-state index in [1.165, 1.54) is 0 Å². The van der Waals surface area contributed by atoms with Gasteiger partial charge in [0.05, 0.1) is 0 Å². The second-order valence-corrected chi connectivity index (χ2v) is 9.36. The molecular formula is C34H35NO6. The van der Waals surface area contributed by atoms with Gasteiger partial charge in [-0.25, -0.2) is 4.79 Å². The normalized spacial score (nSPS) is 12.2. The molecule has 2 atom stereocenters. The number of esters is 1. The SMILES string of the molecule is C=C(C)C(=O)OCCNC(O)OC(COc1ccc(-c2ccccc2)cc1)COc1ccccc1-c1ccccc1. The van der Waals surface area contributed by atoms with Crippen LogP contribution in [0.15, 0.2) is 121 Å². The fourth-order valence-electron chi connectivity index (χ4n) is 4.00. The van der Waals surface area contributed by atoms with Crippen LogP contribution in [0, 0.1) is 0 Å². The molecule has 4 rings (SSSR count). The second kappa shape index (κ2) is 15.4. The smallest absolute Gasteiger partial charge is 0.333 e. The van der Waals surface area contributed by atoms with E-state index in [1.54, 1.807) is 6.92 Å². The highest BCUT2D eigenvalue weighted by Crippen LogP contribution is 2.30. The number of carbonyl (C=O) groups is 1. The van der Waals surface area contributed by atoms with Crippen LogP contribution < -0.4 is 14.8 Å². The standard InChI is InChI=1S/C34H35NO6/c1-25(2)33(36)38-22-21-35-34(37)41-30(23-39-29-19-17-27(18-20-29)26-11-5-3-6-12-26)24-40-32-16-10-9-15-31(32)28-13-7-4-8-14-28/h3-20,30,34-35,37H,1,21-24H2,2H3. The van der Waals surface area contributed by atoms with Gasteiger partial charge in [0, 0.05) is 17.7 Å². The molecule has 4 aromatic rings. The van der Waals surface area contributed by atoms with Crippen LogP contribution in [-0.4, -0.2) is 50.0 Å². The van der Waals surface area contributed by atoms with Crippen molar-refractivity contribution >= 4 is 5.97 Å². The molecule has 0 amide bonds. The summed E-state index contributed by atoms with van der Waals surface area (Å²) in [6, 6.07) is 35.6. The summed E-state index contributed by atoms with van der Waals surface area (Å²) in [7, 11) is 0. The predicted octanol–water partition coefficient (Wildman–Crippen LogP) is 5.85. The van der Waals surface area contributed by atoms with E-state index in [2.05, 4.69) is 24.0 Å². The lowest BCUT2D eigenvalue weighted by Gasteiger charge is -2.23. The number of aliphatic hydroxyl groups is 1. The Morgan fingerprint density at radius 2 is 1.37 bits per heavy atom. The minimum atomic E-state index is -1.33. The highest BCUT2D eigenvalue weighted by Gasteiger charge is 2.18. The number of hydrogen-bond acceptors (Lipinski definition) is 7. The van der Waals surface area contributed by atoms with Crippen LogP contribution in [0.3, 0.4) is 0 Å². The van der Waals surface area contributed by atoms with Crippen molar-refractivity contribution in [1.82, 2.24) is 5.32 Å². The molecule has 0 saturated carbocycles. The topological polar surface area (TPSA) is 86.3 Å². The highest BCUT2D eigenvalue weighted by molar-refractivity contribution is 5.86. The maximum Gasteiger partial charge on any atom is 0.333 e. The molecule has 0 radical (unpaired) electrons. The van der Waals surface area contributed by atoms with Gasteiger partial charge in [-0.3, -0.25) is 5.32 Å². The summed E-state index contributed by atoms with van der Waals surface area (Å²) in [5, 5.41) is 13.3. The third kappa shape index (κ3) is 9.32. The summed E-state index contributed by atoms with van der Waals surface area (Å²) in [6.07, 6.45) is -1.96. The van der Waals surface area contributed by atoms with Gasteiger partial charge in [-0.1, -0.05) is 97.6 Å². The Hall–Kier alpha value is -4.43. The number of nitrogens with one attached hydrogen (secondary N) is 1. The first kappa shape index (κ1) is 29.6. The summed E-state index contributed by atoms with van der Waals surface area (Å²) >= 11 is 0. The van der Waals surface area contributed by atoms with Crippen molar-refractivity contribution in [3.63, 3.8) is 0 Å². The third-order valence-corrected chi connectivity index (χ3v) is 6.12. The van der Waals surface area contributed by atoms with Gasteiger partial charge in [-0.15, -0.1) is 0 Å². The van der Waals surface area contributed by atoms with E-state index in [0.29, 0.717) is 17.1 Å². The number of benzene rings is 4. The van der Waals surface area contributed by atoms with Crippen molar-refractivity contribution in [3.05, 3.63) is 121 Å². The Labute approximate surface area is 241 Å². The molecular weight excluding hydrogens is 518 g/mol. The minimum Gasteiger partial charge on any atom is -0.491 e. The molecule has 0 saturated heterocycles. The molecule has 7 heteroatoms. The van der Waals surface area contributed by atoms with E-state index in [0.717, 1.165) is 22.3 Å². The van der Waals surface area contributed by atoms with E-state index in [-0.39, 0.29) is 26.4 Å². The first-order chi connectivity index (χ1) is 20.0. The molecule has 7 nitrogen and oxygen atoms in total. The molecule has 41 heavy (non-hydrogen) atoms. The molecule has 0 aliphatic carbocycles. The molecule has 0 bridgehead atoms. The van der Waals surface area contributed by atoms with Crippen LogP contribution in [0.25, 0.3) is 22.3 Å². The van der Waals surface area contributed by atoms with Gasteiger partial charge in [-0.2, -0.15) is 0 Å². The quantitative estimate of drug-likeness (QED) is 0.0827. The van der Waals surface area contributed by atoms with Crippen LogP contribution in [0.5, 0.6) is 11.5 Å². The molecule has 0 aromatic heterocycles. The molecule has 4 aromatic carbocycles. The zero-order valence-electron chi connectivity index (χ0n) is 23.1. The fraction of sp³-hybridized carbons (Fsp3) is 0.206. The molecule has 2 unspecified atom stereocenters. The van der Waals surface area contributed by atoms with E-state index < -0.39 is 18.5 Å². The summed E-state index contributed by atoms with van der Waals surface area (Å²) in [5.41, 5.74) is 4.49. The van der Waals surface area contributed by atoms with Crippen molar-refractivity contribution in [3.8, 4) is 33.8 Å². The van der Waals surface area contributed by atoms with Crippen LogP contribution in [0.2, 0.25) is 0 Å². The highest BCUT2D eigenvalue weighted by atomic mass is 16.6. The molecule has 0 aliphatic heterocycles. The van der Waals surface area contributed by atoms with Crippen LogP contribution >= 0.6 is 0 Å². The van der Waals surface area contributed by atoms with E-state index in [9.17, 15) is 9.90 Å². The molecule has 0 heterocycles. The number of ether oxygens (including phenoxy) is 4. The summed E-state index contributed by atoms with van der Waals surface area (Å²) in [6.45, 7) is 5.61. The first-order valence-corrected chi connectivity index (χ1v) is 13.4. The number of para-hydroxylation sites is 1. The Kier molecular flexibility index (Phi) is 11.1. The lowest BCUT2D eigenvalue weighted by atomic mass is 10.1. The van der Waals surface area contributed by atoms with Crippen molar-refractivity contribution < 1.29 is 28.8 Å². The van der Waals surface area contributed by atoms with Crippen molar-refractivity contribution in [2.75, 3.05) is 26.4 Å². The maximum absolute atomic E-state index is 11.6. The first-order valence-electron chi connectivity index (χ1n) is 13.4. The monoisotopic (exact) mass is 553 g/mol. The van der Waals surface area contributed by atoms with Crippen LogP contribution in [0.1, 0.15) is 6.92 Å². The lowest BCUT2D eigenvalue weighted by Crippen LogP contribution is -2.41. The average Bonchev–Trinajstić information content (AvgIpc) is 3.01. The number of rotatable bonds is 15. The van der Waals surface area contributed by atoms with Crippen molar-refractivity contribution in [2.24, 2.45) is 0 Å². The van der Waals surface area contributed by atoms with Gasteiger partial charge >= 0.3 is 5.97 Å². The van der Waals surface area contributed by atoms with Gasteiger partial charge in [0.25, 0.3) is 0 Å². The van der Waals surface area contributed by atoms with Gasteiger partial charge in [-0.05, 0) is 41.8 Å². The maximum atomic E-state index is 11.6. The molecule has 212 valence electrons. The molecule has 0 fully saturated rings. The Balaban J connectivity index is 1.39. The van der Waals surface area contributed by atoms with Gasteiger partial charge in [0.2, 0.25) is 6.41 Å². The predicted molar refractivity (Wildman–Crippen MR) is 159 cm³/mol. The van der Waals surface area contributed by atoms with Crippen LogP contribution in [0.4, 0.5) is 0 Å².